The van der Waals surface area contributed by atoms with Crippen LogP contribution in [0.4, 0.5) is 0 Å². The molecule has 2 aromatic rings. The second kappa shape index (κ2) is 4.94. The highest BCUT2D eigenvalue weighted by atomic mass is 32.1. The minimum Gasteiger partial charge on any atom is -0.457 e. The van der Waals surface area contributed by atoms with Crippen molar-refractivity contribution in [3.05, 3.63) is 41.3 Å². The number of carbonyl (C=O) groups is 1. The van der Waals surface area contributed by atoms with Gasteiger partial charge in [0.25, 0.3) is 0 Å². The summed E-state index contributed by atoms with van der Waals surface area (Å²) in [5, 5.41) is 3.22. The molecule has 0 aliphatic heterocycles. The van der Waals surface area contributed by atoms with E-state index < -0.39 is 5.60 Å². The van der Waals surface area contributed by atoms with Crippen molar-refractivity contribution in [2.45, 2.75) is 26.4 Å². The third kappa shape index (κ3) is 3.20. The summed E-state index contributed by atoms with van der Waals surface area (Å²) in [7, 11) is 0. The second-order valence-corrected chi connectivity index (χ2v) is 5.97. The SMILES string of the molecule is CC(C)(C)OC(=O)/C=C/c1csc2ccccc12. The van der Waals surface area contributed by atoms with E-state index in [-0.39, 0.29) is 5.97 Å². The largest absolute Gasteiger partial charge is 0.457 e. The van der Waals surface area contributed by atoms with Gasteiger partial charge in [0.2, 0.25) is 0 Å². The fraction of sp³-hybridized carbons (Fsp3) is 0.267. The Bertz CT molecular complexity index is 588. The van der Waals surface area contributed by atoms with Crippen molar-refractivity contribution in [3.63, 3.8) is 0 Å². The molecule has 0 bridgehead atoms. The minimum atomic E-state index is -0.446. The van der Waals surface area contributed by atoms with Crippen LogP contribution in [0.25, 0.3) is 16.2 Å². The van der Waals surface area contributed by atoms with Crippen molar-refractivity contribution in [2.24, 2.45) is 0 Å². The fourth-order valence-corrected chi connectivity index (χ4v) is 2.55. The number of carbonyl (C=O) groups excluding carboxylic acids is 1. The molecule has 0 spiro atoms. The Morgan fingerprint density at radius 2 is 2.00 bits per heavy atom. The van der Waals surface area contributed by atoms with Crippen LogP contribution >= 0.6 is 11.3 Å². The Labute approximate surface area is 111 Å². The van der Waals surface area contributed by atoms with Crippen LogP contribution in [0.2, 0.25) is 0 Å². The number of fused-ring (bicyclic) bond motifs is 1. The normalized spacial score (nSPS) is 12.2. The van der Waals surface area contributed by atoms with Crippen molar-refractivity contribution in [1.82, 2.24) is 0 Å². The maximum absolute atomic E-state index is 11.6. The van der Waals surface area contributed by atoms with E-state index in [1.807, 2.05) is 44.4 Å². The topological polar surface area (TPSA) is 26.3 Å². The van der Waals surface area contributed by atoms with Crippen LogP contribution in [0.1, 0.15) is 26.3 Å². The van der Waals surface area contributed by atoms with Crippen molar-refractivity contribution in [1.29, 1.82) is 0 Å². The Hall–Kier alpha value is -1.61. The molecule has 1 aromatic heterocycles. The number of hydrogen-bond donors (Lipinski definition) is 0. The molecule has 2 rings (SSSR count). The van der Waals surface area contributed by atoms with Gasteiger partial charge in [-0.3, -0.25) is 0 Å². The highest BCUT2D eigenvalue weighted by Gasteiger charge is 2.13. The number of ether oxygens (including phenoxy) is 1. The van der Waals surface area contributed by atoms with Gasteiger partial charge >= 0.3 is 5.97 Å². The lowest BCUT2D eigenvalue weighted by Gasteiger charge is -2.17. The number of thiophene rings is 1. The lowest BCUT2D eigenvalue weighted by molar-refractivity contribution is -0.148. The molecule has 0 unspecified atom stereocenters. The quantitative estimate of drug-likeness (QED) is 0.596. The van der Waals surface area contributed by atoms with E-state index in [9.17, 15) is 4.79 Å². The Balaban J connectivity index is 2.16. The zero-order valence-corrected chi connectivity index (χ0v) is 11.6. The summed E-state index contributed by atoms with van der Waals surface area (Å²) >= 11 is 1.68. The van der Waals surface area contributed by atoms with Gasteiger partial charge in [0.05, 0.1) is 0 Å². The molecular weight excluding hydrogens is 244 g/mol. The summed E-state index contributed by atoms with van der Waals surface area (Å²) in [5.74, 6) is -0.308. The molecule has 0 amide bonds. The Kier molecular flexibility index (Phi) is 3.53. The molecule has 0 saturated carbocycles. The number of hydrogen-bond acceptors (Lipinski definition) is 3. The van der Waals surface area contributed by atoms with Gasteiger partial charge < -0.3 is 4.74 Å². The van der Waals surface area contributed by atoms with E-state index in [1.54, 1.807) is 11.3 Å². The molecule has 0 fully saturated rings. The molecule has 3 heteroatoms. The van der Waals surface area contributed by atoms with Gasteiger partial charge in [0.15, 0.2) is 0 Å². The van der Waals surface area contributed by atoms with Crippen LogP contribution in [-0.2, 0) is 9.53 Å². The fourth-order valence-electron chi connectivity index (χ4n) is 1.62. The van der Waals surface area contributed by atoms with Crippen molar-refractivity contribution < 1.29 is 9.53 Å². The molecule has 0 aliphatic carbocycles. The van der Waals surface area contributed by atoms with E-state index >= 15 is 0 Å². The zero-order chi connectivity index (χ0) is 13.2. The van der Waals surface area contributed by atoms with Crippen LogP contribution < -0.4 is 0 Å². The third-order valence-corrected chi connectivity index (χ3v) is 3.30. The standard InChI is InChI=1S/C15H16O2S/c1-15(2,3)17-14(16)9-8-11-10-18-13-7-5-4-6-12(11)13/h4-10H,1-3H3/b9-8+. The molecule has 0 N–H and O–H groups in total. The zero-order valence-electron chi connectivity index (χ0n) is 10.8. The van der Waals surface area contributed by atoms with Crippen LogP contribution in [0.5, 0.6) is 0 Å². The first kappa shape index (κ1) is 12.8. The Morgan fingerprint density at radius 1 is 1.28 bits per heavy atom. The first-order chi connectivity index (χ1) is 8.46. The maximum Gasteiger partial charge on any atom is 0.331 e. The molecule has 0 atom stereocenters. The molecule has 0 radical (unpaired) electrons. The van der Waals surface area contributed by atoms with Crippen LogP contribution in [0.15, 0.2) is 35.7 Å². The van der Waals surface area contributed by atoms with Crippen molar-refractivity contribution in [2.75, 3.05) is 0 Å². The molecule has 18 heavy (non-hydrogen) atoms. The lowest BCUT2D eigenvalue weighted by atomic mass is 10.1. The summed E-state index contributed by atoms with van der Waals surface area (Å²) in [6.45, 7) is 5.58. The van der Waals surface area contributed by atoms with E-state index in [0.717, 1.165) is 5.56 Å². The molecule has 2 nitrogen and oxygen atoms in total. The monoisotopic (exact) mass is 260 g/mol. The molecule has 1 heterocycles. The predicted octanol–water partition coefficient (Wildman–Crippen LogP) is 4.26. The first-order valence-corrected chi connectivity index (χ1v) is 6.71. The molecule has 0 aliphatic rings. The van der Waals surface area contributed by atoms with Crippen LogP contribution in [0, 0.1) is 0 Å². The smallest absolute Gasteiger partial charge is 0.331 e. The van der Waals surface area contributed by atoms with E-state index in [1.165, 1.54) is 16.2 Å². The van der Waals surface area contributed by atoms with Gasteiger partial charge in [0, 0.05) is 10.8 Å². The van der Waals surface area contributed by atoms with Gasteiger partial charge in [-0.2, -0.15) is 0 Å². The highest BCUT2D eigenvalue weighted by Crippen LogP contribution is 2.26. The average Bonchev–Trinajstić information content (AvgIpc) is 2.67. The number of rotatable bonds is 2. The predicted molar refractivity (Wildman–Crippen MR) is 76.7 cm³/mol. The van der Waals surface area contributed by atoms with Gasteiger partial charge in [0.1, 0.15) is 5.60 Å². The third-order valence-electron chi connectivity index (χ3n) is 2.32. The molecule has 94 valence electrons. The van der Waals surface area contributed by atoms with E-state index in [0.29, 0.717) is 0 Å². The van der Waals surface area contributed by atoms with Crippen molar-refractivity contribution in [3.8, 4) is 0 Å². The van der Waals surface area contributed by atoms with Gasteiger partial charge in [-0.1, -0.05) is 18.2 Å². The summed E-state index contributed by atoms with van der Waals surface area (Å²) < 4.78 is 6.45. The average molecular weight is 260 g/mol. The first-order valence-electron chi connectivity index (χ1n) is 5.83. The number of esters is 1. The lowest BCUT2D eigenvalue weighted by Crippen LogP contribution is -2.22. The second-order valence-electron chi connectivity index (χ2n) is 5.05. The highest BCUT2D eigenvalue weighted by molar-refractivity contribution is 7.17. The molecular formula is C15H16O2S. The van der Waals surface area contributed by atoms with Gasteiger partial charge in [-0.25, -0.2) is 4.79 Å². The number of benzene rings is 1. The summed E-state index contributed by atoms with van der Waals surface area (Å²) in [6, 6.07) is 8.14. The van der Waals surface area contributed by atoms with E-state index in [2.05, 4.69) is 12.1 Å². The van der Waals surface area contributed by atoms with Crippen LogP contribution in [0.3, 0.4) is 0 Å². The van der Waals surface area contributed by atoms with Gasteiger partial charge in [-0.05, 0) is 49.2 Å². The van der Waals surface area contributed by atoms with E-state index in [4.69, 9.17) is 4.74 Å². The van der Waals surface area contributed by atoms with Crippen LogP contribution in [-0.4, -0.2) is 11.6 Å². The minimum absolute atomic E-state index is 0.308. The molecule has 0 saturated heterocycles. The van der Waals surface area contributed by atoms with Gasteiger partial charge in [-0.15, -0.1) is 11.3 Å². The summed E-state index contributed by atoms with van der Waals surface area (Å²) in [5.41, 5.74) is 0.611. The summed E-state index contributed by atoms with van der Waals surface area (Å²) in [4.78, 5) is 11.6. The summed E-state index contributed by atoms with van der Waals surface area (Å²) in [6.07, 6.45) is 3.30. The maximum atomic E-state index is 11.6. The molecule has 1 aromatic carbocycles. The van der Waals surface area contributed by atoms with Crippen molar-refractivity contribution >= 4 is 33.5 Å². The Morgan fingerprint density at radius 3 is 2.72 bits per heavy atom.